The van der Waals surface area contributed by atoms with Gasteiger partial charge in [-0.15, -0.1) is 0 Å². The van der Waals surface area contributed by atoms with Crippen molar-refractivity contribution >= 4 is 28.4 Å². The summed E-state index contributed by atoms with van der Waals surface area (Å²) in [7, 11) is 0. The van der Waals surface area contributed by atoms with E-state index < -0.39 is 0 Å². The molecule has 3 aromatic rings. The number of pyridine rings is 1. The van der Waals surface area contributed by atoms with E-state index in [4.69, 9.17) is 0 Å². The first-order chi connectivity index (χ1) is 15.1. The molecule has 2 aliphatic rings. The molecule has 1 amide bonds. The van der Waals surface area contributed by atoms with Gasteiger partial charge in [-0.2, -0.15) is 5.10 Å². The molecule has 2 aliphatic carbocycles. The van der Waals surface area contributed by atoms with Crippen LogP contribution in [-0.2, 0) is 24.2 Å². The Morgan fingerprint density at radius 3 is 2.48 bits per heavy atom. The lowest BCUT2D eigenvalue weighted by molar-refractivity contribution is -0.120. The van der Waals surface area contributed by atoms with Crippen molar-refractivity contribution < 1.29 is 9.59 Å². The molecule has 0 spiro atoms. The monoisotopic (exact) mass is 417 g/mol. The van der Waals surface area contributed by atoms with E-state index in [0.717, 1.165) is 42.4 Å². The molecule has 160 valence electrons. The Morgan fingerprint density at radius 1 is 1.10 bits per heavy atom. The van der Waals surface area contributed by atoms with Crippen molar-refractivity contribution in [3.05, 3.63) is 53.3 Å². The summed E-state index contributed by atoms with van der Waals surface area (Å²) >= 11 is 0. The number of aromatic nitrogens is 3. The van der Waals surface area contributed by atoms with Crippen molar-refractivity contribution in [2.45, 2.75) is 64.1 Å². The highest BCUT2D eigenvalue weighted by atomic mass is 16.1. The third-order valence-corrected chi connectivity index (χ3v) is 6.49. The lowest BCUT2D eigenvalue weighted by Crippen LogP contribution is -2.36. The third-order valence-electron chi connectivity index (χ3n) is 6.49. The van der Waals surface area contributed by atoms with Crippen LogP contribution in [0.4, 0.5) is 5.69 Å². The third kappa shape index (κ3) is 3.80. The van der Waals surface area contributed by atoms with E-state index in [0.29, 0.717) is 30.7 Å². The fourth-order valence-electron chi connectivity index (χ4n) is 4.80. The number of amides is 1. The summed E-state index contributed by atoms with van der Waals surface area (Å²) in [6.45, 7) is 2.73. The molecule has 0 saturated heterocycles. The van der Waals surface area contributed by atoms with Gasteiger partial charge in [0.1, 0.15) is 5.78 Å². The van der Waals surface area contributed by atoms with Crippen LogP contribution in [0.5, 0.6) is 0 Å². The van der Waals surface area contributed by atoms with Crippen molar-refractivity contribution in [3.8, 4) is 0 Å². The summed E-state index contributed by atoms with van der Waals surface area (Å²) < 4.78 is 1.83. The van der Waals surface area contributed by atoms with Crippen LogP contribution >= 0.6 is 0 Å². The van der Waals surface area contributed by atoms with Crippen LogP contribution in [0.25, 0.3) is 11.0 Å². The van der Waals surface area contributed by atoms with E-state index in [1.165, 1.54) is 11.1 Å². The normalized spacial score (nSPS) is 17.1. The van der Waals surface area contributed by atoms with Crippen LogP contribution in [-0.4, -0.2) is 38.5 Å². The van der Waals surface area contributed by atoms with E-state index in [1.807, 2.05) is 23.7 Å². The molecule has 31 heavy (non-hydrogen) atoms. The fourth-order valence-corrected chi connectivity index (χ4v) is 4.80. The molecule has 0 radical (unpaired) electrons. The molecule has 2 aromatic heterocycles. The largest absolute Gasteiger partial charge is 0.381 e. The highest BCUT2D eigenvalue weighted by Gasteiger charge is 2.27. The number of fused-ring (bicyclic) bond motifs is 2. The van der Waals surface area contributed by atoms with Crippen molar-refractivity contribution in [1.82, 2.24) is 20.1 Å². The zero-order valence-corrected chi connectivity index (χ0v) is 17.7. The Balaban J connectivity index is 1.43. The number of benzene rings is 1. The molecular weight excluding hydrogens is 390 g/mol. The van der Waals surface area contributed by atoms with E-state index in [2.05, 4.69) is 32.8 Å². The summed E-state index contributed by atoms with van der Waals surface area (Å²) in [5.74, 6) is 0.196. The van der Waals surface area contributed by atoms with Gasteiger partial charge < -0.3 is 10.6 Å². The minimum Gasteiger partial charge on any atom is -0.381 e. The molecule has 7 nitrogen and oxygen atoms in total. The van der Waals surface area contributed by atoms with Crippen LogP contribution < -0.4 is 10.6 Å². The second-order valence-electron chi connectivity index (χ2n) is 8.55. The van der Waals surface area contributed by atoms with Crippen LogP contribution in [0.1, 0.15) is 54.1 Å². The zero-order chi connectivity index (χ0) is 21.4. The SMILES string of the molecule is CCn1ncc2c(NC3CCC(=O)CC3)c(C(=O)NC3Cc4ccccc4C3)cnc21. The van der Waals surface area contributed by atoms with Gasteiger partial charge in [-0.05, 0) is 43.7 Å². The standard InChI is InChI=1S/C24H27N5O2/c1-2-29-23-20(14-26-29)22(27-17-7-9-19(30)10-8-17)21(13-25-23)24(31)28-18-11-15-5-3-4-6-16(15)12-18/h3-6,13-14,17-18H,2,7-12H2,1H3,(H,25,27)(H,28,31). The number of hydrogen-bond acceptors (Lipinski definition) is 5. The van der Waals surface area contributed by atoms with Gasteiger partial charge in [0.25, 0.3) is 5.91 Å². The van der Waals surface area contributed by atoms with Gasteiger partial charge in [-0.1, -0.05) is 24.3 Å². The Kier molecular flexibility index (Phi) is 5.18. The van der Waals surface area contributed by atoms with Crippen molar-refractivity contribution in [2.75, 3.05) is 5.32 Å². The number of carbonyl (C=O) groups excluding carboxylic acids is 2. The molecule has 0 atom stereocenters. The molecule has 2 N–H and O–H groups in total. The van der Waals surface area contributed by atoms with Crippen molar-refractivity contribution in [3.63, 3.8) is 0 Å². The molecule has 5 rings (SSSR count). The molecule has 1 saturated carbocycles. The number of carbonyl (C=O) groups is 2. The van der Waals surface area contributed by atoms with Gasteiger partial charge in [-0.3, -0.25) is 9.59 Å². The second kappa shape index (κ2) is 8.13. The van der Waals surface area contributed by atoms with Gasteiger partial charge in [0.2, 0.25) is 0 Å². The number of nitrogens with one attached hydrogen (secondary N) is 2. The minimum atomic E-state index is -0.120. The summed E-state index contributed by atoms with van der Waals surface area (Å²) in [4.78, 5) is 29.5. The molecule has 1 fully saturated rings. The first-order valence-electron chi connectivity index (χ1n) is 11.1. The molecule has 1 aromatic carbocycles. The highest BCUT2D eigenvalue weighted by molar-refractivity contribution is 6.06. The Bertz CT molecular complexity index is 1120. The Labute approximate surface area is 181 Å². The maximum atomic E-state index is 13.3. The molecule has 0 aliphatic heterocycles. The average molecular weight is 418 g/mol. The maximum absolute atomic E-state index is 13.3. The predicted octanol–water partition coefficient (Wildman–Crippen LogP) is 3.27. The Morgan fingerprint density at radius 2 is 1.81 bits per heavy atom. The zero-order valence-electron chi connectivity index (χ0n) is 17.7. The molecule has 7 heteroatoms. The van der Waals surface area contributed by atoms with Gasteiger partial charge >= 0.3 is 0 Å². The fraction of sp³-hybridized carbons (Fsp3) is 0.417. The highest BCUT2D eigenvalue weighted by Crippen LogP contribution is 2.30. The van der Waals surface area contributed by atoms with Crippen LogP contribution in [0.2, 0.25) is 0 Å². The first kappa shape index (κ1) is 19.7. The van der Waals surface area contributed by atoms with E-state index in [1.54, 1.807) is 12.4 Å². The van der Waals surface area contributed by atoms with Crippen LogP contribution in [0.3, 0.4) is 0 Å². The summed E-state index contributed by atoms with van der Waals surface area (Å²) in [5, 5.41) is 12.1. The number of Topliss-reactive ketones (excluding diaryl/α,β-unsaturated/α-hetero) is 1. The van der Waals surface area contributed by atoms with E-state index >= 15 is 0 Å². The van der Waals surface area contributed by atoms with Crippen LogP contribution in [0, 0.1) is 0 Å². The number of aryl methyl sites for hydroxylation is 1. The van der Waals surface area contributed by atoms with Gasteiger partial charge in [0.15, 0.2) is 5.65 Å². The molecular formula is C24H27N5O2. The van der Waals surface area contributed by atoms with Crippen LogP contribution in [0.15, 0.2) is 36.7 Å². The topological polar surface area (TPSA) is 88.9 Å². The van der Waals surface area contributed by atoms with Gasteiger partial charge in [-0.25, -0.2) is 9.67 Å². The number of hydrogen-bond donors (Lipinski definition) is 2. The van der Waals surface area contributed by atoms with Crippen molar-refractivity contribution in [2.24, 2.45) is 0 Å². The van der Waals surface area contributed by atoms with E-state index in [9.17, 15) is 9.59 Å². The summed E-state index contributed by atoms with van der Waals surface area (Å²) in [6, 6.07) is 8.60. The average Bonchev–Trinajstić information content (AvgIpc) is 3.38. The number of ketones is 1. The number of anilines is 1. The minimum absolute atomic E-state index is 0.0825. The second-order valence-corrected chi connectivity index (χ2v) is 8.55. The Hall–Kier alpha value is -3.22. The maximum Gasteiger partial charge on any atom is 0.255 e. The van der Waals surface area contributed by atoms with E-state index in [-0.39, 0.29) is 18.0 Å². The predicted molar refractivity (Wildman–Crippen MR) is 119 cm³/mol. The van der Waals surface area contributed by atoms with Gasteiger partial charge in [0.05, 0.1) is 22.8 Å². The van der Waals surface area contributed by atoms with Crippen molar-refractivity contribution in [1.29, 1.82) is 0 Å². The molecule has 2 heterocycles. The quantitative estimate of drug-likeness (QED) is 0.665. The molecule has 0 bridgehead atoms. The van der Waals surface area contributed by atoms with Gasteiger partial charge in [0, 0.05) is 37.7 Å². The smallest absolute Gasteiger partial charge is 0.255 e. The lowest BCUT2D eigenvalue weighted by Gasteiger charge is -2.25. The molecule has 0 unspecified atom stereocenters. The lowest BCUT2D eigenvalue weighted by atomic mass is 9.94. The number of nitrogens with zero attached hydrogens (tertiary/aromatic N) is 3. The first-order valence-corrected chi connectivity index (χ1v) is 11.1. The summed E-state index contributed by atoms with van der Waals surface area (Å²) in [6.07, 6.45) is 7.86. The summed E-state index contributed by atoms with van der Waals surface area (Å²) in [5.41, 5.74) is 4.68. The number of rotatable bonds is 5.